The summed E-state index contributed by atoms with van der Waals surface area (Å²) in [5, 5.41) is 3.85. The first kappa shape index (κ1) is 13.5. The molecule has 18 heavy (non-hydrogen) atoms. The highest BCUT2D eigenvalue weighted by molar-refractivity contribution is 9.11. The summed E-state index contributed by atoms with van der Waals surface area (Å²) in [5.41, 5.74) is 1.56. The monoisotopic (exact) mass is 345 g/mol. The third kappa shape index (κ3) is 2.54. The number of hydrogen-bond donors (Lipinski definition) is 1. The topological polar surface area (TPSA) is 12.0 Å². The zero-order chi connectivity index (χ0) is 12.6. The van der Waals surface area contributed by atoms with Crippen molar-refractivity contribution in [2.75, 3.05) is 12.8 Å². The fourth-order valence-corrected chi connectivity index (χ4v) is 5.81. The molecular weight excluding hydrogens is 326 g/mol. The molecule has 2 aliphatic rings. The van der Waals surface area contributed by atoms with Crippen LogP contribution < -0.4 is 5.32 Å². The van der Waals surface area contributed by atoms with Crippen LogP contribution in [0.4, 0.5) is 0 Å². The molecule has 3 rings (SSSR count). The minimum atomic E-state index is 0.546. The number of thiophene rings is 1. The third-order valence-electron chi connectivity index (χ3n) is 4.45. The van der Waals surface area contributed by atoms with Crippen LogP contribution in [0.25, 0.3) is 0 Å². The Morgan fingerprint density at radius 1 is 1.50 bits per heavy atom. The predicted octanol–water partition coefficient (Wildman–Crippen LogP) is 4.76. The number of thioether (sulfide) groups is 1. The van der Waals surface area contributed by atoms with E-state index in [2.05, 4.69) is 45.3 Å². The summed E-state index contributed by atoms with van der Waals surface area (Å²) >= 11 is 7.62. The molecule has 0 aromatic carbocycles. The molecule has 2 aliphatic carbocycles. The molecule has 0 aliphatic heterocycles. The number of rotatable bonds is 4. The maximum Gasteiger partial charge on any atom is 0.0704 e. The first-order valence-corrected chi connectivity index (χ1v) is 9.62. The van der Waals surface area contributed by atoms with E-state index in [1.54, 1.807) is 10.4 Å². The number of nitrogens with one attached hydrogen (secondary N) is 1. The molecule has 1 N–H and O–H groups in total. The largest absolute Gasteiger partial charge is 0.309 e. The van der Waals surface area contributed by atoms with Crippen LogP contribution in [0.1, 0.15) is 48.6 Å². The SMILES string of the molecule is CSC1(CNC2CCCc3sc(Br)cc32)CCC1. The Balaban J connectivity index is 1.67. The predicted molar refractivity (Wildman–Crippen MR) is 85.8 cm³/mol. The van der Waals surface area contributed by atoms with Crippen LogP contribution in [-0.4, -0.2) is 17.5 Å². The van der Waals surface area contributed by atoms with Crippen molar-refractivity contribution < 1.29 is 0 Å². The number of hydrogen-bond acceptors (Lipinski definition) is 3. The molecule has 1 aromatic rings. The van der Waals surface area contributed by atoms with Gasteiger partial charge in [0.1, 0.15) is 0 Å². The van der Waals surface area contributed by atoms with Crippen molar-refractivity contribution in [1.29, 1.82) is 0 Å². The lowest BCUT2D eigenvalue weighted by molar-refractivity contribution is 0.322. The molecule has 1 aromatic heterocycles. The summed E-state index contributed by atoms with van der Waals surface area (Å²) in [4.78, 5) is 1.59. The van der Waals surface area contributed by atoms with E-state index in [0.29, 0.717) is 10.8 Å². The maximum atomic E-state index is 3.85. The van der Waals surface area contributed by atoms with E-state index in [1.807, 2.05) is 11.3 Å². The van der Waals surface area contributed by atoms with Gasteiger partial charge >= 0.3 is 0 Å². The normalized spacial score (nSPS) is 25.6. The lowest BCUT2D eigenvalue weighted by atomic mass is 9.83. The van der Waals surface area contributed by atoms with Crippen molar-refractivity contribution in [1.82, 2.24) is 5.32 Å². The third-order valence-corrected chi connectivity index (χ3v) is 7.58. The van der Waals surface area contributed by atoms with E-state index >= 15 is 0 Å². The second-order valence-corrected chi connectivity index (χ2v) is 9.29. The second kappa shape index (κ2) is 5.47. The van der Waals surface area contributed by atoms with Crippen LogP contribution in [0.3, 0.4) is 0 Å². The van der Waals surface area contributed by atoms with Crippen molar-refractivity contribution in [3.8, 4) is 0 Å². The Bertz CT molecular complexity index is 420. The van der Waals surface area contributed by atoms with Gasteiger partial charge in [-0.1, -0.05) is 6.42 Å². The summed E-state index contributed by atoms with van der Waals surface area (Å²) in [5.74, 6) is 0. The highest BCUT2D eigenvalue weighted by Gasteiger charge is 2.36. The Kier molecular flexibility index (Phi) is 4.09. The number of aryl methyl sites for hydroxylation is 1. The van der Waals surface area contributed by atoms with Gasteiger partial charge in [-0.05, 0) is 65.9 Å². The Hall–Kier alpha value is 0.490. The Morgan fingerprint density at radius 3 is 3.00 bits per heavy atom. The molecule has 100 valence electrons. The van der Waals surface area contributed by atoms with E-state index in [1.165, 1.54) is 48.9 Å². The minimum absolute atomic E-state index is 0.546. The fraction of sp³-hybridized carbons (Fsp3) is 0.714. The van der Waals surface area contributed by atoms with Crippen LogP contribution in [0.15, 0.2) is 9.85 Å². The van der Waals surface area contributed by atoms with Crippen molar-refractivity contribution in [3.05, 3.63) is 20.3 Å². The molecule has 1 nitrogen and oxygen atoms in total. The van der Waals surface area contributed by atoms with Gasteiger partial charge in [0.05, 0.1) is 3.79 Å². The molecule has 1 unspecified atom stereocenters. The van der Waals surface area contributed by atoms with Gasteiger partial charge in [0.25, 0.3) is 0 Å². The van der Waals surface area contributed by atoms with Crippen molar-refractivity contribution in [2.45, 2.75) is 49.3 Å². The molecule has 0 spiro atoms. The smallest absolute Gasteiger partial charge is 0.0704 e. The van der Waals surface area contributed by atoms with Crippen LogP contribution in [0.2, 0.25) is 0 Å². The average Bonchev–Trinajstić information content (AvgIpc) is 2.69. The molecule has 4 heteroatoms. The molecule has 1 fully saturated rings. The van der Waals surface area contributed by atoms with Gasteiger partial charge in [-0.25, -0.2) is 0 Å². The lowest BCUT2D eigenvalue weighted by Crippen LogP contribution is -2.44. The van der Waals surface area contributed by atoms with E-state index in [-0.39, 0.29) is 0 Å². The molecule has 0 radical (unpaired) electrons. The first-order valence-electron chi connectivity index (χ1n) is 6.79. The van der Waals surface area contributed by atoms with Gasteiger partial charge in [0.2, 0.25) is 0 Å². The van der Waals surface area contributed by atoms with Gasteiger partial charge in [-0.15, -0.1) is 11.3 Å². The summed E-state index contributed by atoms with van der Waals surface area (Å²) in [6.07, 6.45) is 10.4. The van der Waals surface area contributed by atoms with E-state index < -0.39 is 0 Å². The highest BCUT2D eigenvalue weighted by Crippen LogP contribution is 2.43. The quantitative estimate of drug-likeness (QED) is 0.843. The standard InChI is InChI=1S/C14H20BrNS2/c1-17-14(6-3-7-14)9-16-11-4-2-5-12-10(11)8-13(15)18-12/h8,11,16H,2-7,9H2,1H3. The second-order valence-electron chi connectivity index (χ2n) is 5.50. The van der Waals surface area contributed by atoms with E-state index in [4.69, 9.17) is 0 Å². The summed E-state index contributed by atoms with van der Waals surface area (Å²) in [7, 11) is 0. The highest BCUT2D eigenvalue weighted by atomic mass is 79.9. The Morgan fingerprint density at radius 2 is 2.33 bits per heavy atom. The summed E-state index contributed by atoms with van der Waals surface area (Å²) in [6, 6.07) is 2.93. The fourth-order valence-electron chi connectivity index (χ4n) is 3.07. The van der Waals surface area contributed by atoms with Gasteiger partial charge in [0, 0.05) is 22.2 Å². The number of halogens is 1. The van der Waals surface area contributed by atoms with Crippen molar-refractivity contribution >= 4 is 39.0 Å². The van der Waals surface area contributed by atoms with E-state index in [9.17, 15) is 0 Å². The molecular formula is C14H20BrNS2. The van der Waals surface area contributed by atoms with Crippen LogP contribution in [0.5, 0.6) is 0 Å². The number of fused-ring (bicyclic) bond motifs is 1. The molecule has 1 heterocycles. The van der Waals surface area contributed by atoms with Crippen molar-refractivity contribution in [3.63, 3.8) is 0 Å². The molecule has 1 atom stereocenters. The van der Waals surface area contributed by atoms with Crippen molar-refractivity contribution in [2.24, 2.45) is 0 Å². The van der Waals surface area contributed by atoms with Crippen LogP contribution >= 0.6 is 39.0 Å². The average molecular weight is 346 g/mol. The first-order chi connectivity index (χ1) is 8.72. The molecule has 0 saturated heterocycles. The summed E-state index contributed by atoms with van der Waals surface area (Å²) in [6.45, 7) is 1.19. The zero-order valence-corrected chi connectivity index (χ0v) is 14.0. The molecule has 0 bridgehead atoms. The van der Waals surface area contributed by atoms with Gasteiger partial charge in [-0.2, -0.15) is 11.8 Å². The van der Waals surface area contributed by atoms with Gasteiger partial charge in [-0.3, -0.25) is 0 Å². The minimum Gasteiger partial charge on any atom is -0.309 e. The van der Waals surface area contributed by atoms with Crippen LogP contribution in [0, 0.1) is 0 Å². The molecule has 1 saturated carbocycles. The van der Waals surface area contributed by atoms with Gasteiger partial charge in [0.15, 0.2) is 0 Å². The van der Waals surface area contributed by atoms with Crippen LogP contribution in [-0.2, 0) is 6.42 Å². The maximum absolute atomic E-state index is 3.85. The van der Waals surface area contributed by atoms with Gasteiger partial charge < -0.3 is 5.32 Å². The lowest BCUT2D eigenvalue weighted by Gasteiger charge is -2.42. The summed E-state index contributed by atoms with van der Waals surface area (Å²) < 4.78 is 1.84. The Labute approximate surface area is 126 Å². The van der Waals surface area contributed by atoms with E-state index in [0.717, 1.165) is 0 Å². The zero-order valence-electron chi connectivity index (χ0n) is 10.8. The molecule has 0 amide bonds.